The van der Waals surface area contributed by atoms with Gasteiger partial charge in [0, 0.05) is 11.8 Å². The summed E-state index contributed by atoms with van der Waals surface area (Å²) in [5, 5.41) is 5.07. The maximum atomic E-state index is 12.2. The summed E-state index contributed by atoms with van der Waals surface area (Å²) in [4.78, 5) is 16.6. The Morgan fingerprint density at radius 2 is 2.05 bits per heavy atom. The zero-order chi connectivity index (χ0) is 14.5. The fraction of sp³-hybridized carbons (Fsp3) is 0.833. The van der Waals surface area contributed by atoms with Gasteiger partial charge in [-0.05, 0) is 40.0 Å². The smallest absolute Gasteiger partial charge is 0.256 e. The first-order valence-electron chi connectivity index (χ1n) is 6.43. The lowest BCUT2D eigenvalue weighted by Gasteiger charge is -2.23. The Balaban J connectivity index is 2.35. The molecule has 1 amide bonds. The van der Waals surface area contributed by atoms with Crippen molar-refractivity contribution in [3.8, 4) is 0 Å². The number of hydrogen-bond acceptors (Lipinski definition) is 5. The summed E-state index contributed by atoms with van der Waals surface area (Å²) in [7, 11) is -3.29. The standard InChI is InChI=1S/C12H21N3O3S/c1-11(2,3)14-10-13-9(16)12(15-10)7-5-6-8(12)19(4,17)18/h8H,5-7H2,1-4H3,(H2,13,14,15,16). The summed E-state index contributed by atoms with van der Waals surface area (Å²) in [5.74, 6) is 0.0835. The zero-order valence-electron chi connectivity index (χ0n) is 11.8. The maximum Gasteiger partial charge on any atom is 0.256 e. The molecule has 7 heteroatoms. The van der Waals surface area contributed by atoms with Gasteiger partial charge < -0.3 is 5.32 Å². The van der Waals surface area contributed by atoms with Gasteiger partial charge in [0.1, 0.15) is 0 Å². The van der Waals surface area contributed by atoms with Gasteiger partial charge >= 0.3 is 0 Å². The van der Waals surface area contributed by atoms with Gasteiger partial charge in [0.25, 0.3) is 5.91 Å². The number of sulfone groups is 1. The Morgan fingerprint density at radius 1 is 1.42 bits per heavy atom. The number of rotatable bonds is 1. The largest absolute Gasteiger partial charge is 0.351 e. The minimum absolute atomic E-state index is 0.239. The second kappa shape index (κ2) is 4.19. The van der Waals surface area contributed by atoms with Gasteiger partial charge in [-0.1, -0.05) is 0 Å². The minimum atomic E-state index is -3.29. The van der Waals surface area contributed by atoms with E-state index >= 15 is 0 Å². The monoisotopic (exact) mass is 287 g/mol. The number of aliphatic imine (C=N–C) groups is 1. The third-order valence-corrected chi connectivity index (χ3v) is 5.16. The van der Waals surface area contributed by atoms with Crippen molar-refractivity contribution in [2.75, 3.05) is 6.26 Å². The molecule has 2 aliphatic rings. The molecule has 0 aromatic carbocycles. The van der Waals surface area contributed by atoms with E-state index in [1.165, 1.54) is 6.26 Å². The van der Waals surface area contributed by atoms with E-state index < -0.39 is 20.6 Å². The van der Waals surface area contributed by atoms with Crippen molar-refractivity contribution < 1.29 is 13.2 Å². The van der Waals surface area contributed by atoms with Crippen molar-refractivity contribution in [3.63, 3.8) is 0 Å². The quantitative estimate of drug-likeness (QED) is 0.721. The Morgan fingerprint density at radius 3 is 2.58 bits per heavy atom. The molecule has 1 heterocycles. The number of nitrogens with zero attached hydrogens (tertiary/aromatic N) is 1. The Labute approximate surface area is 114 Å². The first-order valence-corrected chi connectivity index (χ1v) is 8.38. The van der Waals surface area contributed by atoms with E-state index in [0.717, 1.165) is 0 Å². The summed E-state index contributed by atoms with van der Waals surface area (Å²) in [5.41, 5.74) is -1.36. The highest BCUT2D eigenvalue weighted by Gasteiger charge is 2.56. The molecule has 2 N–H and O–H groups in total. The van der Waals surface area contributed by atoms with Crippen LogP contribution < -0.4 is 10.6 Å². The fourth-order valence-corrected chi connectivity index (χ4v) is 4.40. The minimum Gasteiger partial charge on any atom is -0.351 e. The van der Waals surface area contributed by atoms with Gasteiger partial charge in [0.15, 0.2) is 21.3 Å². The molecule has 0 radical (unpaired) electrons. The number of carbonyl (C=O) groups excluding carboxylic acids is 1. The van der Waals surface area contributed by atoms with Crippen molar-refractivity contribution in [1.29, 1.82) is 0 Å². The lowest BCUT2D eigenvalue weighted by atomic mass is 9.98. The molecule has 2 rings (SSSR count). The van der Waals surface area contributed by atoms with E-state index in [9.17, 15) is 13.2 Å². The third-order valence-electron chi connectivity index (χ3n) is 3.50. The van der Waals surface area contributed by atoms with E-state index in [1.54, 1.807) is 0 Å². The van der Waals surface area contributed by atoms with Crippen molar-refractivity contribution in [3.05, 3.63) is 0 Å². The summed E-state index contributed by atoms with van der Waals surface area (Å²) in [6, 6.07) is 0. The topological polar surface area (TPSA) is 87.6 Å². The lowest BCUT2D eigenvalue weighted by Crippen LogP contribution is -2.50. The van der Waals surface area contributed by atoms with E-state index in [1.807, 2.05) is 20.8 Å². The first-order chi connectivity index (χ1) is 8.55. The SMILES string of the molecule is CC(C)(C)NC1=NC2(CCCC2S(C)(=O)=O)C(=O)N1. The van der Waals surface area contributed by atoms with Crippen LogP contribution in [0.25, 0.3) is 0 Å². The summed E-state index contributed by atoms with van der Waals surface area (Å²) < 4.78 is 23.7. The second-order valence-electron chi connectivity index (χ2n) is 6.42. The predicted molar refractivity (Wildman–Crippen MR) is 73.7 cm³/mol. The van der Waals surface area contributed by atoms with Gasteiger partial charge in [-0.3, -0.25) is 10.1 Å². The van der Waals surface area contributed by atoms with Crippen LogP contribution in [0.4, 0.5) is 0 Å². The zero-order valence-corrected chi connectivity index (χ0v) is 12.6. The highest BCUT2D eigenvalue weighted by molar-refractivity contribution is 7.91. The van der Waals surface area contributed by atoms with Crippen LogP contribution in [0.2, 0.25) is 0 Å². The molecule has 1 saturated carbocycles. The van der Waals surface area contributed by atoms with Crippen LogP contribution in [0.3, 0.4) is 0 Å². The number of guanidine groups is 1. The molecular formula is C12H21N3O3S. The molecule has 1 fully saturated rings. The van der Waals surface area contributed by atoms with E-state index in [-0.39, 0.29) is 11.4 Å². The van der Waals surface area contributed by atoms with Crippen LogP contribution in [-0.2, 0) is 14.6 Å². The molecule has 0 bridgehead atoms. The molecule has 2 atom stereocenters. The van der Waals surface area contributed by atoms with Crippen LogP contribution in [0, 0.1) is 0 Å². The summed E-state index contributed by atoms with van der Waals surface area (Å²) in [6.45, 7) is 5.86. The van der Waals surface area contributed by atoms with Gasteiger partial charge in [-0.2, -0.15) is 0 Å². The normalized spacial score (nSPS) is 31.5. The molecule has 0 aromatic rings. The van der Waals surface area contributed by atoms with Crippen LogP contribution in [0.5, 0.6) is 0 Å². The fourth-order valence-electron chi connectivity index (χ4n) is 2.82. The first kappa shape index (κ1) is 14.3. The van der Waals surface area contributed by atoms with Crippen LogP contribution in [0.1, 0.15) is 40.0 Å². The van der Waals surface area contributed by atoms with Crippen molar-refractivity contribution >= 4 is 21.7 Å². The number of carbonyl (C=O) groups is 1. The predicted octanol–water partition coefficient (Wildman–Crippen LogP) is 0.196. The lowest BCUT2D eigenvalue weighted by molar-refractivity contribution is -0.123. The van der Waals surface area contributed by atoms with Crippen molar-refractivity contribution in [1.82, 2.24) is 10.6 Å². The van der Waals surface area contributed by atoms with E-state index in [2.05, 4.69) is 15.6 Å². The van der Waals surface area contributed by atoms with E-state index in [4.69, 9.17) is 0 Å². The van der Waals surface area contributed by atoms with Crippen molar-refractivity contribution in [2.45, 2.75) is 56.4 Å². The summed E-state index contributed by atoms with van der Waals surface area (Å²) >= 11 is 0. The van der Waals surface area contributed by atoms with Gasteiger partial charge in [-0.25, -0.2) is 13.4 Å². The molecule has 1 spiro atoms. The van der Waals surface area contributed by atoms with Crippen LogP contribution in [0.15, 0.2) is 4.99 Å². The number of hydrogen-bond donors (Lipinski definition) is 2. The number of amides is 1. The van der Waals surface area contributed by atoms with E-state index in [0.29, 0.717) is 25.2 Å². The van der Waals surface area contributed by atoms with Gasteiger partial charge in [0.2, 0.25) is 0 Å². The molecule has 1 aliphatic heterocycles. The molecule has 6 nitrogen and oxygen atoms in total. The Kier molecular flexibility index (Phi) is 3.16. The average Bonchev–Trinajstić information content (AvgIpc) is 2.69. The number of nitrogens with one attached hydrogen (secondary N) is 2. The molecule has 1 aliphatic carbocycles. The second-order valence-corrected chi connectivity index (χ2v) is 8.65. The highest BCUT2D eigenvalue weighted by atomic mass is 32.2. The maximum absolute atomic E-state index is 12.2. The summed E-state index contributed by atoms with van der Waals surface area (Å²) in [6.07, 6.45) is 2.88. The Hall–Kier alpha value is -1.11. The van der Waals surface area contributed by atoms with Crippen molar-refractivity contribution in [2.24, 2.45) is 4.99 Å². The third kappa shape index (κ3) is 2.61. The molecule has 108 valence electrons. The highest BCUT2D eigenvalue weighted by Crippen LogP contribution is 2.40. The molecular weight excluding hydrogens is 266 g/mol. The van der Waals surface area contributed by atoms with Gasteiger partial charge in [0.05, 0.1) is 5.25 Å². The molecule has 19 heavy (non-hydrogen) atoms. The van der Waals surface area contributed by atoms with Crippen LogP contribution >= 0.6 is 0 Å². The van der Waals surface area contributed by atoms with Gasteiger partial charge in [-0.15, -0.1) is 0 Å². The van der Waals surface area contributed by atoms with Crippen LogP contribution in [-0.4, -0.2) is 42.9 Å². The average molecular weight is 287 g/mol. The molecule has 2 unspecified atom stereocenters. The molecule has 0 saturated heterocycles. The Bertz CT molecular complexity index is 533. The molecule has 0 aromatic heterocycles.